The molecule has 2 aromatic carbocycles. The van der Waals surface area contributed by atoms with Crippen LogP contribution in [-0.4, -0.2) is 34.3 Å². The molecule has 4 aromatic rings. The van der Waals surface area contributed by atoms with Gasteiger partial charge in [-0.15, -0.1) is 0 Å². The van der Waals surface area contributed by atoms with Crippen molar-refractivity contribution in [2.45, 2.75) is 12.1 Å². The number of para-hydroxylation sites is 1. The van der Waals surface area contributed by atoms with E-state index < -0.39 is 0 Å². The largest absolute Gasteiger partial charge is 0.375 e. The number of amides is 1. The molecule has 3 heterocycles. The predicted molar refractivity (Wildman–Crippen MR) is 146 cm³/mol. The lowest BCUT2D eigenvalue weighted by molar-refractivity contribution is -0.119. The van der Waals surface area contributed by atoms with E-state index in [0.717, 1.165) is 22.8 Å². The zero-order chi connectivity index (χ0) is 25.1. The number of anilines is 2. The van der Waals surface area contributed by atoms with Crippen LogP contribution in [0.15, 0.2) is 91.3 Å². The molecule has 36 heavy (non-hydrogen) atoms. The van der Waals surface area contributed by atoms with E-state index in [0.29, 0.717) is 15.8 Å². The number of nitrogens with one attached hydrogen (secondary N) is 2. The first-order valence-corrected chi connectivity index (χ1v) is 12.2. The van der Waals surface area contributed by atoms with Crippen LogP contribution in [0.4, 0.5) is 11.4 Å². The van der Waals surface area contributed by atoms with Gasteiger partial charge in [-0.2, -0.15) is 0 Å². The van der Waals surface area contributed by atoms with Gasteiger partial charge in [0, 0.05) is 36.6 Å². The third-order valence-corrected chi connectivity index (χ3v) is 6.62. The van der Waals surface area contributed by atoms with Crippen molar-refractivity contribution in [1.29, 1.82) is 0 Å². The zero-order valence-electron chi connectivity index (χ0n) is 19.5. The Morgan fingerprint density at radius 1 is 1.08 bits per heavy atom. The molecule has 182 valence electrons. The molecule has 5 rings (SSSR count). The highest BCUT2D eigenvalue weighted by Crippen LogP contribution is 2.43. The topological polar surface area (TPSA) is 71.4 Å². The zero-order valence-corrected chi connectivity index (χ0v) is 21.0. The molecule has 0 spiro atoms. The second kappa shape index (κ2) is 10.5. The SMILES string of the molecule is COCC(=O)Nc1ccc(N2C(=S)N[C@H](c3ccccn3)[C@H]2c2cccn2-c2ccccc2)cc1Cl. The molecule has 2 N–H and O–H groups in total. The summed E-state index contributed by atoms with van der Waals surface area (Å²) < 4.78 is 7.05. The molecule has 0 aliphatic carbocycles. The van der Waals surface area contributed by atoms with Crippen molar-refractivity contribution in [3.63, 3.8) is 0 Å². The molecule has 2 atom stereocenters. The quantitative estimate of drug-likeness (QED) is 0.325. The van der Waals surface area contributed by atoms with Crippen molar-refractivity contribution in [3.8, 4) is 5.69 Å². The number of hydrogen-bond donors (Lipinski definition) is 2. The average molecular weight is 518 g/mol. The number of ether oxygens (including phenoxy) is 1. The third kappa shape index (κ3) is 4.70. The van der Waals surface area contributed by atoms with Gasteiger partial charge >= 0.3 is 0 Å². The van der Waals surface area contributed by atoms with Crippen LogP contribution in [-0.2, 0) is 9.53 Å². The maximum absolute atomic E-state index is 12.0. The van der Waals surface area contributed by atoms with E-state index in [1.54, 1.807) is 12.3 Å². The van der Waals surface area contributed by atoms with Gasteiger partial charge in [-0.25, -0.2) is 0 Å². The first-order valence-electron chi connectivity index (χ1n) is 11.4. The molecule has 1 saturated heterocycles. The molecule has 9 heteroatoms. The minimum absolute atomic E-state index is 0.0531. The predicted octanol–water partition coefficient (Wildman–Crippen LogP) is 5.29. The Bertz CT molecular complexity index is 1380. The smallest absolute Gasteiger partial charge is 0.250 e. The van der Waals surface area contributed by atoms with Crippen molar-refractivity contribution in [2.24, 2.45) is 0 Å². The third-order valence-electron chi connectivity index (χ3n) is 6.00. The van der Waals surface area contributed by atoms with Crippen LogP contribution in [0.25, 0.3) is 5.69 Å². The highest BCUT2D eigenvalue weighted by atomic mass is 35.5. The summed E-state index contributed by atoms with van der Waals surface area (Å²) in [5.41, 5.74) is 4.27. The van der Waals surface area contributed by atoms with Crippen molar-refractivity contribution in [3.05, 3.63) is 108 Å². The van der Waals surface area contributed by atoms with Crippen molar-refractivity contribution < 1.29 is 9.53 Å². The summed E-state index contributed by atoms with van der Waals surface area (Å²) in [5, 5.41) is 7.20. The van der Waals surface area contributed by atoms with Crippen LogP contribution in [0.5, 0.6) is 0 Å². The lowest BCUT2D eigenvalue weighted by atomic mass is 10.0. The Balaban J connectivity index is 1.58. The first kappa shape index (κ1) is 24.0. The molecule has 0 bridgehead atoms. The molecule has 0 radical (unpaired) electrons. The monoisotopic (exact) mass is 517 g/mol. The lowest BCUT2D eigenvalue weighted by Crippen LogP contribution is -2.30. The summed E-state index contributed by atoms with van der Waals surface area (Å²) in [6.45, 7) is -0.0531. The second-order valence-electron chi connectivity index (χ2n) is 8.28. The first-order chi connectivity index (χ1) is 17.6. The molecule has 1 amide bonds. The van der Waals surface area contributed by atoms with Crippen molar-refractivity contribution in [2.75, 3.05) is 23.9 Å². The number of halogens is 1. The average Bonchev–Trinajstić information content (AvgIpc) is 3.51. The van der Waals surface area contributed by atoms with Gasteiger partial charge in [0.2, 0.25) is 5.91 Å². The summed E-state index contributed by atoms with van der Waals surface area (Å²) >= 11 is 12.4. The number of rotatable bonds is 7. The van der Waals surface area contributed by atoms with E-state index in [9.17, 15) is 4.79 Å². The van der Waals surface area contributed by atoms with Crippen molar-refractivity contribution >= 4 is 46.2 Å². The van der Waals surface area contributed by atoms with Gasteiger partial charge in [0.05, 0.1) is 22.4 Å². The fraction of sp³-hybridized carbons (Fsp3) is 0.148. The highest BCUT2D eigenvalue weighted by molar-refractivity contribution is 7.80. The maximum Gasteiger partial charge on any atom is 0.250 e. The Labute approximate surface area is 219 Å². The Morgan fingerprint density at radius 3 is 2.61 bits per heavy atom. The Morgan fingerprint density at radius 2 is 1.89 bits per heavy atom. The summed E-state index contributed by atoms with van der Waals surface area (Å²) in [5.74, 6) is -0.278. The van der Waals surface area contributed by atoms with Gasteiger partial charge in [0.25, 0.3) is 0 Å². The van der Waals surface area contributed by atoms with E-state index in [4.69, 9.17) is 28.6 Å². The number of carbonyl (C=O) groups excluding carboxylic acids is 1. The highest BCUT2D eigenvalue weighted by Gasteiger charge is 2.42. The minimum atomic E-state index is -0.278. The molecule has 1 aliphatic heterocycles. The number of aromatic nitrogens is 2. The number of benzene rings is 2. The van der Waals surface area contributed by atoms with Gasteiger partial charge in [0.1, 0.15) is 12.6 Å². The Hall–Kier alpha value is -3.72. The standard InChI is InChI=1S/C27H24ClN5O2S/c1-35-17-24(34)30-21-13-12-19(16-20(21)28)33-26(25(31-27(33)36)22-10-5-6-14-29-22)23-11-7-15-32(23)18-8-3-2-4-9-18/h2-16,25-26H,17H2,1H3,(H,30,34)(H,31,36)/t25-,26-/m1/s1. The second-order valence-corrected chi connectivity index (χ2v) is 9.07. The minimum Gasteiger partial charge on any atom is -0.375 e. The molecule has 7 nitrogen and oxygen atoms in total. The molecule has 0 saturated carbocycles. The van der Waals surface area contributed by atoms with Crippen molar-refractivity contribution in [1.82, 2.24) is 14.9 Å². The number of hydrogen-bond acceptors (Lipinski definition) is 4. The molecule has 1 aliphatic rings. The lowest BCUT2D eigenvalue weighted by Gasteiger charge is -2.29. The Kier molecular flexibility index (Phi) is 6.99. The van der Waals surface area contributed by atoms with E-state index in [2.05, 4.69) is 43.3 Å². The van der Waals surface area contributed by atoms with E-state index in [1.807, 2.05) is 60.8 Å². The number of methoxy groups -OCH3 is 1. The number of thiocarbonyl (C=S) groups is 1. The van der Waals surface area contributed by atoms with E-state index >= 15 is 0 Å². The molecule has 2 aromatic heterocycles. The van der Waals surface area contributed by atoms with Gasteiger partial charge in [-0.1, -0.05) is 35.9 Å². The number of nitrogens with zero attached hydrogens (tertiary/aromatic N) is 3. The maximum atomic E-state index is 12.0. The van der Waals surface area contributed by atoms with Crippen LogP contribution in [0.2, 0.25) is 5.02 Å². The van der Waals surface area contributed by atoms with Crippen LogP contribution >= 0.6 is 23.8 Å². The van der Waals surface area contributed by atoms with Crippen LogP contribution < -0.4 is 15.5 Å². The molecule has 1 fully saturated rings. The number of pyridine rings is 1. The van der Waals surface area contributed by atoms with Gasteiger partial charge in [-0.05, 0) is 66.8 Å². The summed E-state index contributed by atoms with van der Waals surface area (Å²) in [4.78, 5) is 18.7. The fourth-order valence-corrected chi connectivity index (χ4v) is 5.03. The normalized spacial score (nSPS) is 17.2. The van der Waals surface area contributed by atoms with E-state index in [1.165, 1.54) is 7.11 Å². The van der Waals surface area contributed by atoms with Gasteiger partial charge < -0.3 is 24.8 Å². The van der Waals surface area contributed by atoms with Gasteiger partial charge in [0.15, 0.2) is 5.11 Å². The molecule has 0 unspecified atom stereocenters. The summed E-state index contributed by atoms with van der Waals surface area (Å²) in [6, 6.07) is 25.2. The van der Waals surface area contributed by atoms with E-state index in [-0.39, 0.29) is 24.6 Å². The summed E-state index contributed by atoms with van der Waals surface area (Å²) in [6.07, 6.45) is 3.82. The van der Waals surface area contributed by atoms with Crippen LogP contribution in [0, 0.1) is 0 Å². The van der Waals surface area contributed by atoms with Crippen LogP contribution in [0.3, 0.4) is 0 Å². The molecular formula is C27H24ClN5O2S. The molecular weight excluding hydrogens is 494 g/mol. The fourth-order valence-electron chi connectivity index (χ4n) is 4.46. The summed E-state index contributed by atoms with van der Waals surface area (Å²) in [7, 11) is 1.47. The van der Waals surface area contributed by atoms with Gasteiger partial charge in [-0.3, -0.25) is 9.78 Å². The van der Waals surface area contributed by atoms with Crippen LogP contribution in [0.1, 0.15) is 23.5 Å². The number of carbonyl (C=O) groups is 1.